The van der Waals surface area contributed by atoms with Crippen molar-refractivity contribution in [3.05, 3.63) is 26.7 Å². The first-order valence-electron chi connectivity index (χ1n) is 3.82. The molecule has 1 rings (SSSR count). The fraction of sp³-hybridized carbons (Fsp3) is 0.222. The Bertz CT molecular complexity index is 404. The number of carbonyl (C=O) groups excluding carboxylic acids is 1. The summed E-state index contributed by atoms with van der Waals surface area (Å²) in [6.07, 6.45) is 0. The van der Waals surface area contributed by atoms with Crippen LogP contribution in [0.4, 0.5) is 0 Å². The van der Waals surface area contributed by atoms with E-state index in [0.29, 0.717) is 0 Å². The topological polar surface area (TPSA) is 35.5 Å². The molecule has 0 saturated carbocycles. The SMILES string of the molecule is COC(=O)c1c(Cl)c(Cl)cc(Cl)c1OC. The quantitative estimate of drug-likeness (QED) is 0.609. The van der Waals surface area contributed by atoms with Gasteiger partial charge in [-0.25, -0.2) is 4.79 Å². The maximum atomic E-state index is 11.4. The van der Waals surface area contributed by atoms with Gasteiger partial charge in [0.1, 0.15) is 5.56 Å². The zero-order valence-corrected chi connectivity index (χ0v) is 10.2. The third-order valence-corrected chi connectivity index (χ3v) is 2.79. The van der Waals surface area contributed by atoms with Crippen molar-refractivity contribution in [2.24, 2.45) is 0 Å². The van der Waals surface area contributed by atoms with Gasteiger partial charge in [0.05, 0.1) is 29.3 Å². The second kappa shape index (κ2) is 4.92. The van der Waals surface area contributed by atoms with Crippen LogP contribution in [0.5, 0.6) is 5.75 Å². The van der Waals surface area contributed by atoms with Crippen LogP contribution in [0.3, 0.4) is 0 Å². The van der Waals surface area contributed by atoms with Crippen molar-refractivity contribution in [2.75, 3.05) is 14.2 Å². The summed E-state index contributed by atoms with van der Waals surface area (Å²) < 4.78 is 9.51. The van der Waals surface area contributed by atoms with Crippen molar-refractivity contribution in [1.82, 2.24) is 0 Å². The molecule has 0 heterocycles. The Morgan fingerprint density at radius 1 is 1.20 bits per heavy atom. The van der Waals surface area contributed by atoms with Gasteiger partial charge in [-0.2, -0.15) is 0 Å². The number of hydrogen-bond donors (Lipinski definition) is 0. The molecule has 0 N–H and O–H groups in total. The van der Waals surface area contributed by atoms with E-state index in [4.69, 9.17) is 39.5 Å². The molecule has 0 aliphatic rings. The highest BCUT2D eigenvalue weighted by atomic mass is 35.5. The molecule has 0 amide bonds. The molecular formula is C9H7Cl3O3. The Labute approximate surface area is 102 Å². The summed E-state index contributed by atoms with van der Waals surface area (Å²) in [5, 5.41) is 0.430. The first-order valence-corrected chi connectivity index (χ1v) is 4.96. The average molecular weight is 270 g/mol. The number of esters is 1. The van der Waals surface area contributed by atoms with Crippen LogP contribution in [-0.2, 0) is 4.74 Å². The number of halogens is 3. The lowest BCUT2D eigenvalue weighted by atomic mass is 10.2. The Hall–Kier alpha value is -0.640. The molecule has 0 unspecified atom stereocenters. The largest absolute Gasteiger partial charge is 0.494 e. The van der Waals surface area contributed by atoms with Crippen LogP contribution in [0.25, 0.3) is 0 Å². The molecule has 82 valence electrons. The molecule has 0 aliphatic heterocycles. The lowest BCUT2D eigenvalue weighted by molar-refractivity contribution is 0.0597. The Morgan fingerprint density at radius 3 is 2.27 bits per heavy atom. The van der Waals surface area contributed by atoms with Crippen LogP contribution in [0.15, 0.2) is 6.07 Å². The van der Waals surface area contributed by atoms with Gasteiger partial charge >= 0.3 is 5.97 Å². The van der Waals surface area contributed by atoms with E-state index < -0.39 is 5.97 Å². The van der Waals surface area contributed by atoms with Gasteiger partial charge in [0, 0.05) is 0 Å². The minimum atomic E-state index is -0.652. The Morgan fingerprint density at radius 2 is 1.80 bits per heavy atom. The third-order valence-electron chi connectivity index (χ3n) is 1.72. The first kappa shape index (κ1) is 12.4. The molecule has 6 heteroatoms. The Kier molecular flexibility index (Phi) is 4.08. The van der Waals surface area contributed by atoms with Crippen LogP contribution < -0.4 is 4.74 Å². The van der Waals surface area contributed by atoms with E-state index >= 15 is 0 Å². The van der Waals surface area contributed by atoms with E-state index in [1.165, 1.54) is 20.3 Å². The van der Waals surface area contributed by atoms with E-state index in [0.717, 1.165) is 0 Å². The van der Waals surface area contributed by atoms with Gasteiger partial charge in [-0.1, -0.05) is 34.8 Å². The Balaban J connectivity index is 3.50. The van der Waals surface area contributed by atoms with E-state index in [1.54, 1.807) is 0 Å². The number of carbonyl (C=O) groups is 1. The average Bonchev–Trinajstić information content (AvgIpc) is 2.21. The van der Waals surface area contributed by atoms with Crippen LogP contribution >= 0.6 is 34.8 Å². The van der Waals surface area contributed by atoms with Gasteiger partial charge in [0.2, 0.25) is 0 Å². The molecule has 0 aromatic heterocycles. The summed E-state index contributed by atoms with van der Waals surface area (Å²) in [5.41, 5.74) is 0.0270. The van der Waals surface area contributed by atoms with Gasteiger partial charge in [0.25, 0.3) is 0 Å². The standard InChI is InChI=1S/C9H7Cl3O3/c1-14-8-5(11)3-4(10)7(12)6(8)9(13)15-2/h3H,1-2H3. The smallest absolute Gasteiger partial charge is 0.343 e. The second-order valence-corrected chi connectivity index (χ2v) is 3.75. The second-order valence-electron chi connectivity index (χ2n) is 2.55. The van der Waals surface area contributed by atoms with Crippen molar-refractivity contribution in [1.29, 1.82) is 0 Å². The number of methoxy groups -OCH3 is 2. The summed E-state index contributed by atoms with van der Waals surface area (Å²) in [6, 6.07) is 1.40. The highest BCUT2D eigenvalue weighted by molar-refractivity contribution is 6.45. The molecular weight excluding hydrogens is 262 g/mol. The summed E-state index contributed by atoms with van der Waals surface area (Å²) in [4.78, 5) is 11.4. The van der Waals surface area contributed by atoms with Gasteiger partial charge < -0.3 is 9.47 Å². The van der Waals surface area contributed by atoms with Crippen LogP contribution in [0, 0.1) is 0 Å². The maximum Gasteiger partial charge on any atom is 0.343 e. The molecule has 3 nitrogen and oxygen atoms in total. The minimum absolute atomic E-state index is 0.0270. The number of hydrogen-bond acceptors (Lipinski definition) is 3. The van der Waals surface area contributed by atoms with Crippen LogP contribution in [0.1, 0.15) is 10.4 Å². The summed E-state index contributed by atoms with van der Waals surface area (Å²) in [6.45, 7) is 0. The van der Waals surface area contributed by atoms with Crippen molar-refractivity contribution in [3.63, 3.8) is 0 Å². The zero-order chi connectivity index (χ0) is 11.6. The molecule has 0 atom stereocenters. The van der Waals surface area contributed by atoms with Crippen molar-refractivity contribution >= 4 is 40.8 Å². The molecule has 1 aromatic carbocycles. The molecule has 0 bridgehead atoms. The molecule has 0 saturated heterocycles. The van der Waals surface area contributed by atoms with Crippen molar-refractivity contribution in [2.45, 2.75) is 0 Å². The lowest BCUT2D eigenvalue weighted by Gasteiger charge is -2.11. The van der Waals surface area contributed by atoms with Gasteiger partial charge in [-0.15, -0.1) is 0 Å². The zero-order valence-electron chi connectivity index (χ0n) is 7.94. The van der Waals surface area contributed by atoms with E-state index in [9.17, 15) is 4.79 Å². The number of rotatable bonds is 2. The molecule has 15 heavy (non-hydrogen) atoms. The van der Waals surface area contributed by atoms with Crippen molar-refractivity contribution in [3.8, 4) is 5.75 Å². The molecule has 1 aromatic rings. The summed E-state index contributed by atoms with van der Waals surface area (Å²) in [5.74, 6) is -0.501. The van der Waals surface area contributed by atoms with Gasteiger partial charge in [-0.05, 0) is 6.07 Å². The molecule has 0 spiro atoms. The van der Waals surface area contributed by atoms with Crippen LogP contribution in [0.2, 0.25) is 15.1 Å². The molecule has 0 fully saturated rings. The number of benzene rings is 1. The first-order chi connectivity index (χ1) is 7.02. The van der Waals surface area contributed by atoms with E-state index in [2.05, 4.69) is 4.74 Å². The predicted octanol–water partition coefficient (Wildman–Crippen LogP) is 3.44. The predicted molar refractivity (Wildman–Crippen MR) is 59.4 cm³/mol. The highest BCUT2D eigenvalue weighted by Crippen LogP contribution is 2.39. The monoisotopic (exact) mass is 268 g/mol. The fourth-order valence-corrected chi connectivity index (χ4v) is 1.82. The fourth-order valence-electron chi connectivity index (χ4n) is 1.06. The molecule has 0 aliphatic carbocycles. The van der Waals surface area contributed by atoms with Gasteiger partial charge in [-0.3, -0.25) is 0 Å². The lowest BCUT2D eigenvalue weighted by Crippen LogP contribution is -2.05. The highest BCUT2D eigenvalue weighted by Gasteiger charge is 2.22. The summed E-state index contributed by atoms with van der Waals surface area (Å²) >= 11 is 17.5. The molecule has 0 radical (unpaired) electrons. The normalized spacial score (nSPS) is 9.93. The van der Waals surface area contributed by atoms with Crippen LogP contribution in [-0.4, -0.2) is 20.2 Å². The maximum absolute atomic E-state index is 11.4. The minimum Gasteiger partial charge on any atom is -0.494 e. The van der Waals surface area contributed by atoms with Gasteiger partial charge in [0.15, 0.2) is 5.75 Å². The number of ether oxygens (including phenoxy) is 2. The van der Waals surface area contributed by atoms with Crippen molar-refractivity contribution < 1.29 is 14.3 Å². The summed E-state index contributed by atoms with van der Waals surface area (Å²) in [7, 11) is 2.60. The van der Waals surface area contributed by atoms with E-state index in [1.807, 2.05) is 0 Å². The van der Waals surface area contributed by atoms with E-state index in [-0.39, 0.29) is 26.4 Å². The third kappa shape index (κ3) is 2.30.